The number of hydrogen-bond acceptors (Lipinski definition) is 3. The molecule has 74 valence electrons. The summed E-state index contributed by atoms with van der Waals surface area (Å²) in [5.74, 6) is 0.899. The van der Waals surface area contributed by atoms with Gasteiger partial charge in [-0.1, -0.05) is 6.07 Å². The average molecular weight is 190 g/mol. The molecule has 0 spiro atoms. The van der Waals surface area contributed by atoms with E-state index < -0.39 is 0 Å². The zero-order chi connectivity index (χ0) is 10.4. The predicted molar refractivity (Wildman–Crippen MR) is 56.6 cm³/mol. The smallest absolute Gasteiger partial charge is 0.158 e. The lowest BCUT2D eigenvalue weighted by Gasteiger charge is -1.98. The molecule has 0 unspecified atom stereocenters. The van der Waals surface area contributed by atoms with Crippen molar-refractivity contribution < 1.29 is 0 Å². The fourth-order valence-electron chi connectivity index (χ4n) is 1.11. The Balaban J connectivity index is 0.000000461. The SMILES string of the molecule is CN.Cn1ccnc1-c1ccccn1. The lowest BCUT2D eigenvalue weighted by molar-refractivity contribution is 0.917. The number of hydrogen-bond donors (Lipinski definition) is 1. The fraction of sp³-hybridized carbons (Fsp3) is 0.200. The van der Waals surface area contributed by atoms with Crippen molar-refractivity contribution in [3.63, 3.8) is 0 Å². The van der Waals surface area contributed by atoms with Crippen molar-refractivity contribution in [1.29, 1.82) is 0 Å². The van der Waals surface area contributed by atoms with Crippen LogP contribution in [0.2, 0.25) is 0 Å². The molecular weight excluding hydrogens is 176 g/mol. The molecular formula is C10H14N4. The third-order valence-electron chi connectivity index (χ3n) is 1.72. The first-order valence-corrected chi connectivity index (χ1v) is 4.34. The zero-order valence-corrected chi connectivity index (χ0v) is 8.38. The molecule has 2 N–H and O–H groups in total. The van der Waals surface area contributed by atoms with Crippen molar-refractivity contribution in [3.8, 4) is 11.5 Å². The quantitative estimate of drug-likeness (QED) is 0.731. The van der Waals surface area contributed by atoms with E-state index in [4.69, 9.17) is 0 Å². The molecule has 0 saturated carbocycles. The van der Waals surface area contributed by atoms with Crippen LogP contribution in [0.25, 0.3) is 11.5 Å². The third-order valence-corrected chi connectivity index (χ3v) is 1.72. The topological polar surface area (TPSA) is 56.7 Å². The molecule has 0 aliphatic rings. The summed E-state index contributed by atoms with van der Waals surface area (Å²) < 4.78 is 1.95. The van der Waals surface area contributed by atoms with Crippen LogP contribution in [0.3, 0.4) is 0 Å². The Kier molecular flexibility index (Phi) is 3.82. The van der Waals surface area contributed by atoms with E-state index >= 15 is 0 Å². The van der Waals surface area contributed by atoms with Crippen LogP contribution in [0, 0.1) is 0 Å². The average Bonchev–Trinajstić information content (AvgIpc) is 2.69. The van der Waals surface area contributed by atoms with Gasteiger partial charge in [-0.25, -0.2) is 4.98 Å². The van der Waals surface area contributed by atoms with Gasteiger partial charge in [-0.3, -0.25) is 4.98 Å². The molecule has 0 atom stereocenters. The van der Waals surface area contributed by atoms with Crippen molar-refractivity contribution >= 4 is 0 Å². The fourth-order valence-corrected chi connectivity index (χ4v) is 1.11. The highest BCUT2D eigenvalue weighted by Crippen LogP contribution is 2.11. The number of pyridine rings is 1. The molecule has 2 aromatic rings. The second kappa shape index (κ2) is 5.14. The minimum atomic E-state index is 0.899. The molecule has 4 heteroatoms. The van der Waals surface area contributed by atoms with Crippen LogP contribution in [0.15, 0.2) is 36.8 Å². The van der Waals surface area contributed by atoms with E-state index in [0.717, 1.165) is 11.5 Å². The van der Waals surface area contributed by atoms with Crippen LogP contribution in [0.1, 0.15) is 0 Å². The van der Waals surface area contributed by atoms with Gasteiger partial charge in [0.15, 0.2) is 5.82 Å². The van der Waals surface area contributed by atoms with Gasteiger partial charge in [0.2, 0.25) is 0 Å². The number of aryl methyl sites for hydroxylation is 1. The van der Waals surface area contributed by atoms with Crippen LogP contribution >= 0.6 is 0 Å². The molecule has 2 heterocycles. The molecule has 4 nitrogen and oxygen atoms in total. The summed E-state index contributed by atoms with van der Waals surface area (Å²) >= 11 is 0. The van der Waals surface area contributed by atoms with E-state index in [1.807, 2.05) is 36.0 Å². The molecule has 0 aromatic carbocycles. The highest BCUT2D eigenvalue weighted by atomic mass is 15.0. The van der Waals surface area contributed by atoms with Gasteiger partial charge in [0.1, 0.15) is 5.69 Å². The minimum Gasteiger partial charge on any atom is -0.333 e. The lowest BCUT2D eigenvalue weighted by atomic mass is 10.3. The summed E-state index contributed by atoms with van der Waals surface area (Å²) in [6.07, 6.45) is 5.44. The first kappa shape index (κ1) is 10.4. The van der Waals surface area contributed by atoms with Gasteiger partial charge in [0.05, 0.1) is 0 Å². The maximum Gasteiger partial charge on any atom is 0.158 e. The second-order valence-electron chi connectivity index (χ2n) is 2.58. The van der Waals surface area contributed by atoms with E-state index in [1.54, 1.807) is 12.4 Å². The number of rotatable bonds is 1. The van der Waals surface area contributed by atoms with Crippen LogP contribution < -0.4 is 5.73 Å². The van der Waals surface area contributed by atoms with Crippen molar-refractivity contribution in [2.75, 3.05) is 7.05 Å². The molecule has 0 fully saturated rings. The second-order valence-corrected chi connectivity index (χ2v) is 2.58. The van der Waals surface area contributed by atoms with Crippen molar-refractivity contribution in [3.05, 3.63) is 36.8 Å². The molecule has 2 aromatic heterocycles. The predicted octanol–water partition coefficient (Wildman–Crippen LogP) is 1.06. The molecule has 0 aliphatic carbocycles. The third kappa shape index (κ3) is 2.17. The van der Waals surface area contributed by atoms with Gasteiger partial charge in [-0.05, 0) is 19.2 Å². The number of aromatic nitrogens is 3. The maximum atomic E-state index is 4.50. The summed E-state index contributed by atoms with van der Waals surface area (Å²) in [7, 11) is 3.46. The summed E-state index contributed by atoms with van der Waals surface area (Å²) in [5.41, 5.74) is 5.41. The van der Waals surface area contributed by atoms with Crippen LogP contribution in [0.4, 0.5) is 0 Å². The van der Waals surface area contributed by atoms with E-state index in [2.05, 4.69) is 15.7 Å². The highest BCUT2D eigenvalue weighted by molar-refractivity contribution is 5.48. The molecule has 14 heavy (non-hydrogen) atoms. The van der Waals surface area contributed by atoms with Gasteiger partial charge in [-0.2, -0.15) is 0 Å². The first-order valence-electron chi connectivity index (χ1n) is 4.34. The van der Waals surface area contributed by atoms with Crippen molar-refractivity contribution in [2.45, 2.75) is 0 Å². The van der Waals surface area contributed by atoms with E-state index in [1.165, 1.54) is 7.05 Å². The zero-order valence-electron chi connectivity index (χ0n) is 8.38. The Bertz CT molecular complexity index is 367. The summed E-state index contributed by atoms with van der Waals surface area (Å²) in [6, 6.07) is 5.80. The van der Waals surface area contributed by atoms with E-state index in [-0.39, 0.29) is 0 Å². The Hall–Kier alpha value is -1.68. The van der Waals surface area contributed by atoms with Gasteiger partial charge in [0, 0.05) is 25.6 Å². The Morgan fingerprint density at radius 3 is 2.43 bits per heavy atom. The Morgan fingerprint density at radius 1 is 1.14 bits per heavy atom. The number of imidazole rings is 1. The van der Waals surface area contributed by atoms with Gasteiger partial charge >= 0.3 is 0 Å². The van der Waals surface area contributed by atoms with Crippen molar-refractivity contribution in [2.24, 2.45) is 12.8 Å². The lowest BCUT2D eigenvalue weighted by Crippen LogP contribution is -1.92. The maximum absolute atomic E-state index is 4.50. The Morgan fingerprint density at radius 2 is 1.93 bits per heavy atom. The monoisotopic (exact) mass is 190 g/mol. The highest BCUT2D eigenvalue weighted by Gasteiger charge is 2.01. The standard InChI is InChI=1S/C9H9N3.CH5N/c1-12-7-6-11-9(12)8-4-2-3-5-10-8;1-2/h2-7H,1H3;2H2,1H3. The Labute approximate surface area is 83.4 Å². The molecule has 0 bridgehead atoms. The normalized spacial score (nSPS) is 9.07. The van der Waals surface area contributed by atoms with Crippen molar-refractivity contribution in [1.82, 2.24) is 14.5 Å². The van der Waals surface area contributed by atoms with Gasteiger partial charge < -0.3 is 10.3 Å². The van der Waals surface area contributed by atoms with Crippen LogP contribution in [0.5, 0.6) is 0 Å². The minimum absolute atomic E-state index is 0.899. The van der Waals surface area contributed by atoms with Gasteiger partial charge in [-0.15, -0.1) is 0 Å². The largest absolute Gasteiger partial charge is 0.333 e. The van der Waals surface area contributed by atoms with E-state index in [9.17, 15) is 0 Å². The van der Waals surface area contributed by atoms with E-state index in [0.29, 0.717) is 0 Å². The molecule has 0 saturated heterocycles. The van der Waals surface area contributed by atoms with Crippen LogP contribution in [-0.2, 0) is 7.05 Å². The first-order chi connectivity index (χ1) is 6.88. The molecule has 0 aliphatic heterocycles. The number of nitrogens with zero attached hydrogens (tertiary/aromatic N) is 3. The van der Waals surface area contributed by atoms with Gasteiger partial charge in [0.25, 0.3) is 0 Å². The summed E-state index contributed by atoms with van der Waals surface area (Å²) in [4.78, 5) is 8.39. The van der Waals surface area contributed by atoms with Crippen LogP contribution in [-0.4, -0.2) is 21.6 Å². The summed E-state index contributed by atoms with van der Waals surface area (Å²) in [5, 5.41) is 0. The summed E-state index contributed by atoms with van der Waals surface area (Å²) in [6.45, 7) is 0. The molecule has 0 amide bonds. The number of nitrogens with two attached hydrogens (primary N) is 1. The molecule has 0 radical (unpaired) electrons. The molecule has 2 rings (SSSR count).